The van der Waals surface area contributed by atoms with E-state index in [0.717, 1.165) is 30.3 Å². The Morgan fingerprint density at radius 1 is 0.724 bits per heavy atom. The molecule has 4 heterocycles. The summed E-state index contributed by atoms with van der Waals surface area (Å²) in [4.78, 5) is 32.5. The quantitative estimate of drug-likeness (QED) is 0.167. The molecule has 1 fully saturated rings. The van der Waals surface area contributed by atoms with Crippen LogP contribution in [-0.2, 0) is 18.5 Å². The van der Waals surface area contributed by atoms with Gasteiger partial charge in [-0.05, 0) is 91.9 Å². The summed E-state index contributed by atoms with van der Waals surface area (Å²) >= 11 is 6.18. The number of hydrogen-bond donors (Lipinski definition) is 2. The zero-order valence-corrected chi connectivity index (χ0v) is 30.7. The molecule has 0 saturated carbocycles. The van der Waals surface area contributed by atoms with Gasteiger partial charge in [-0.3, -0.25) is 4.98 Å². The van der Waals surface area contributed by atoms with E-state index < -0.39 is 35.2 Å². The Hall–Kier alpha value is -6.17. The third-order valence-electron chi connectivity index (χ3n) is 8.89. The first-order valence-corrected chi connectivity index (χ1v) is 17.6. The zero-order chi connectivity index (χ0) is 41.8. The van der Waals surface area contributed by atoms with Crippen LogP contribution >= 0.6 is 11.6 Å². The fourth-order valence-electron chi connectivity index (χ4n) is 6.05. The zero-order valence-electron chi connectivity index (χ0n) is 30.0. The van der Waals surface area contributed by atoms with E-state index in [2.05, 4.69) is 30.6 Å². The first kappa shape index (κ1) is 41.5. The number of aromatic nitrogens is 4. The van der Waals surface area contributed by atoms with Gasteiger partial charge >= 0.3 is 24.6 Å². The van der Waals surface area contributed by atoms with Gasteiger partial charge in [-0.2, -0.15) is 39.5 Å². The number of carbonyl (C=O) groups is 1. The summed E-state index contributed by atoms with van der Waals surface area (Å²) in [7, 11) is 0. The summed E-state index contributed by atoms with van der Waals surface area (Å²) < 4.78 is 116. The summed E-state index contributed by atoms with van der Waals surface area (Å²) in [6.07, 6.45) is -9.28. The number of halogens is 10. The van der Waals surface area contributed by atoms with Gasteiger partial charge in [0.1, 0.15) is 18.0 Å². The van der Waals surface area contributed by atoms with Crippen LogP contribution in [0.3, 0.4) is 0 Å². The summed E-state index contributed by atoms with van der Waals surface area (Å²) in [5.74, 6) is 0.974. The molecule has 3 aromatic carbocycles. The van der Waals surface area contributed by atoms with Crippen molar-refractivity contribution in [3.63, 3.8) is 0 Å². The van der Waals surface area contributed by atoms with E-state index in [1.165, 1.54) is 61.1 Å². The van der Waals surface area contributed by atoms with Gasteiger partial charge in [0.15, 0.2) is 0 Å². The average molecular weight is 833 g/mol. The second-order valence-electron chi connectivity index (χ2n) is 12.9. The van der Waals surface area contributed by atoms with E-state index in [9.17, 15) is 44.3 Å². The van der Waals surface area contributed by atoms with E-state index >= 15 is 0 Å². The van der Waals surface area contributed by atoms with Crippen LogP contribution in [0, 0.1) is 0 Å². The molecule has 58 heavy (non-hydrogen) atoms. The number of carbonyl (C=O) groups excluding carboxylic acids is 1. The number of nitrogens with zero attached hydrogens (tertiary/aromatic N) is 6. The molecule has 0 bridgehead atoms. The third kappa shape index (κ3) is 9.85. The minimum atomic E-state index is -4.57. The van der Waals surface area contributed by atoms with Crippen molar-refractivity contribution in [2.24, 2.45) is 0 Å². The topological polar surface area (TPSA) is 99.2 Å². The predicted octanol–water partition coefficient (Wildman–Crippen LogP) is 11.0. The van der Waals surface area contributed by atoms with Crippen LogP contribution in [0.5, 0.6) is 0 Å². The molecule has 0 spiro atoms. The molecule has 1 aliphatic heterocycles. The molecular weight excluding hydrogens is 803 g/mol. The van der Waals surface area contributed by atoms with Gasteiger partial charge in [0.25, 0.3) is 0 Å². The molecular formula is C39H30ClF9N8O. The fraction of sp³-hybridized carbons (Fsp3) is 0.205. The molecule has 0 unspecified atom stereocenters. The van der Waals surface area contributed by atoms with E-state index in [1.807, 2.05) is 11.8 Å². The first-order valence-electron chi connectivity index (χ1n) is 17.2. The van der Waals surface area contributed by atoms with Gasteiger partial charge in [-0.15, -0.1) is 0 Å². The number of nitrogens with one attached hydrogen (secondary N) is 2. The highest BCUT2D eigenvalue weighted by molar-refractivity contribution is 6.32. The molecule has 1 saturated heterocycles. The molecule has 2 N–H and O–H groups in total. The van der Waals surface area contributed by atoms with Crippen molar-refractivity contribution >= 4 is 51.5 Å². The lowest BCUT2D eigenvalue weighted by atomic mass is 10.0. The Balaban J connectivity index is 0.000000198. The highest BCUT2D eigenvalue weighted by Crippen LogP contribution is 2.37. The minimum absolute atomic E-state index is 0.119. The number of rotatable bonds is 5. The van der Waals surface area contributed by atoms with E-state index in [4.69, 9.17) is 11.6 Å². The molecule has 302 valence electrons. The summed E-state index contributed by atoms with van der Waals surface area (Å²) in [6.45, 7) is 3.45. The Morgan fingerprint density at radius 3 is 1.95 bits per heavy atom. The minimum Gasteiger partial charge on any atom is -0.352 e. The standard InChI is InChI=1S/C21H12F6N4.C18H18ClF3N4O/c22-20(23,24)13-4-6-14(7-5-13)31-19-15-8-3-12(10-17(15)29-11-30-19)18-16(21(25,26)27)2-1-9-28-18;1-12-11-25(16-15(19)3-2-8-23-16)9-10-26(12)17(27)24-14-6-4-13(5-7-14)18(20,21)22/h1-11H,(H,29,30,31);2-8,12H,9-11H2,1H3,(H,24,27)/t;12-/m.1/s1. The molecule has 1 aliphatic rings. The van der Waals surface area contributed by atoms with Crippen LogP contribution in [0.1, 0.15) is 23.6 Å². The van der Waals surface area contributed by atoms with Crippen molar-refractivity contribution in [1.82, 2.24) is 24.8 Å². The summed E-state index contributed by atoms with van der Waals surface area (Å²) in [5.41, 5.74) is -1.39. The number of fused-ring (bicyclic) bond motifs is 1. The highest BCUT2D eigenvalue weighted by Gasteiger charge is 2.35. The maximum Gasteiger partial charge on any atom is 0.418 e. The summed E-state index contributed by atoms with van der Waals surface area (Å²) in [5, 5.41) is 6.58. The smallest absolute Gasteiger partial charge is 0.352 e. The number of urea groups is 1. The maximum absolute atomic E-state index is 13.3. The van der Waals surface area contributed by atoms with Crippen LogP contribution in [0.4, 0.5) is 67.3 Å². The molecule has 2 amide bonds. The molecule has 1 atom stereocenters. The maximum atomic E-state index is 13.3. The van der Waals surface area contributed by atoms with Crippen molar-refractivity contribution in [2.75, 3.05) is 35.2 Å². The largest absolute Gasteiger partial charge is 0.418 e. The van der Waals surface area contributed by atoms with Gasteiger partial charge in [0.05, 0.1) is 32.9 Å². The van der Waals surface area contributed by atoms with Gasteiger partial charge in [-0.1, -0.05) is 17.7 Å². The van der Waals surface area contributed by atoms with Gasteiger partial charge in [-0.25, -0.2) is 19.7 Å². The predicted molar refractivity (Wildman–Crippen MR) is 201 cm³/mol. The van der Waals surface area contributed by atoms with E-state index in [1.54, 1.807) is 23.2 Å². The van der Waals surface area contributed by atoms with Crippen LogP contribution in [-0.4, -0.2) is 56.5 Å². The number of piperazine rings is 1. The molecule has 6 aromatic rings. The molecule has 19 heteroatoms. The van der Waals surface area contributed by atoms with E-state index in [0.29, 0.717) is 58.6 Å². The second-order valence-corrected chi connectivity index (χ2v) is 13.3. The number of anilines is 4. The van der Waals surface area contributed by atoms with Gasteiger partial charge in [0, 0.05) is 60.4 Å². The number of amides is 2. The van der Waals surface area contributed by atoms with Crippen molar-refractivity contribution in [3.8, 4) is 11.3 Å². The highest BCUT2D eigenvalue weighted by atomic mass is 35.5. The van der Waals surface area contributed by atoms with Crippen molar-refractivity contribution in [1.29, 1.82) is 0 Å². The number of alkyl halides is 9. The van der Waals surface area contributed by atoms with Gasteiger partial charge in [0.2, 0.25) is 0 Å². The lowest BCUT2D eigenvalue weighted by Gasteiger charge is -2.40. The first-order chi connectivity index (χ1) is 27.4. The van der Waals surface area contributed by atoms with E-state index in [-0.39, 0.29) is 23.3 Å². The average Bonchev–Trinajstić information content (AvgIpc) is 3.17. The molecule has 0 radical (unpaired) electrons. The Bertz CT molecular complexity index is 2370. The molecule has 9 nitrogen and oxygen atoms in total. The van der Waals surface area contributed by atoms with Crippen LogP contribution in [0.2, 0.25) is 5.02 Å². The lowest BCUT2D eigenvalue weighted by molar-refractivity contribution is -0.138. The number of hydrogen-bond acceptors (Lipinski definition) is 7. The number of pyridine rings is 2. The molecule has 0 aliphatic carbocycles. The lowest BCUT2D eigenvalue weighted by Crippen LogP contribution is -2.55. The summed E-state index contributed by atoms with van der Waals surface area (Å²) in [6, 6.07) is 18.4. The Kier molecular flexibility index (Phi) is 12.0. The number of benzene rings is 3. The van der Waals surface area contributed by atoms with Crippen LogP contribution in [0.15, 0.2) is 110 Å². The fourth-order valence-corrected chi connectivity index (χ4v) is 6.29. The van der Waals surface area contributed by atoms with Crippen LogP contribution < -0.4 is 15.5 Å². The van der Waals surface area contributed by atoms with Crippen molar-refractivity contribution in [2.45, 2.75) is 31.5 Å². The SMILES string of the molecule is C[C@@H]1CN(c2ncccc2Cl)CCN1C(=O)Nc1ccc(C(F)(F)F)cc1.FC(F)(F)c1ccc(Nc2ncnc3cc(-c4ncccc4C(F)(F)F)ccc23)cc1. The molecule has 3 aromatic heterocycles. The Labute approximate surface area is 329 Å². The molecule has 7 rings (SSSR count). The van der Waals surface area contributed by atoms with Crippen molar-refractivity contribution < 1.29 is 44.3 Å². The second kappa shape index (κ2) is 16.7. The van der Waals surface area contributed by atoms with Crippen LogP contribution in [0.25, 0.3) is 22.2 Å². The normalized spacial score (nSPS) is 14.8. The third-order valence-corrected chi connectivity index (χ3v) is 9.18. The van der Waals surface area contributed by atoms with Crippen molar-refractivity contribution in [3.05, 3.63) is 131 Å². The monoisotopic (exact) mass is 832 g/mol. The Morgan fingerprint density at radius 2 is 1.34 bits per heavy atom. The van der Waals surface area contributed by atoms with Gasteiger partial charge < -0.3 is 20.4 Å².